The first-order chi connectivity index (χ1) is 17.2. The molecule has 1 aromatic heterocycles. The number of nitrogens with zero attached hydrogens (tertiary/aromatic N) is 2. The van der Waals surface area contributed by atoms with E-state index in [1.807, 2.05) is 12.1 Å². The Hall–Kier alpha value is -2.84. The van der Waals surface area contributed by atoms with Crippen LogP contribution in [0.3, 0.4) is 0 Å². The average Bonchev–Trinajstić information content (AvgIpc) is 3.24. The Bertz CT molecular complexity index is 1260. The van der Waals surface area contributed by atoms with Crippen LogP contribution in [-0.4, -0.2) is 58.6 Å². The number of rotatable bonds is 14. The first-order valence-electron chi connectivity index (χ1n) is 12.7. The Morgan fingerprint density at radius 1 is 1.00 bits per heavy atom. The molecule has 3 rings (SSSR count). The first-order valence-corrected chi connectivity index (χ1v) is 14.5. The lowest BCUT2D eigenvalue weighted by atomic mass is 9.98. The molecule has 36 heavy (non-hydrogen) atoms. The fourth-order valence-corrected chi connectivity index (χ4v) is 4.65. The zero-order valence-corrected chi connectivity index (χ0v) is 22.9. The molecule has 0 bridgehead atoms. The highest BCUT2D eigenvalue weighted by Gasteiger charge is 2.23. The lowest BCUT2D eigenvalue weighted by Crippen LogP contribution is -2.25. The molecule has 7 nitrogen and oxygen atoms in total. The number of carbonyl (C=O) groups excluding carboxylic acids is 1. The number of carbonyl (C=O) groups is 1. The Kier molecular flexibility index (Phi) is 9.56. The molecule has 0 saturated carbocycles. The van der Waals surface area contributed by atoms with E-state index in [4.69, 9.17) is 9.15 Å². The number of aryl methyl sites for hydroxylation is 1. The maximum atomic E-state index is 13.7. The summed E-state index contributed by atoms with van der Waals surface area (Å²) in [5.74, 6) is 1.21. The van der Waals surface area contributed by atoms with Gasteiger partial charge in [0.2, 0.25) is 10.0 Å². The van der Waals surface area contributed by atoms with Crippen molar-refractivity contribution >= 4 is 32.5 Å². The molecule has 196 valence electrons. The van der Waals surface area contributed by atoms with Crippen LogP contribution in [0.4, 0.5) is 5.69 Å². The molecule has 0 spiro atoms. The number of hydrogen-bond acceptors (Lipinski definition) is 6. The van der Waals surface area contributed by atoms with Gasteiger partial charge in [-0.25, -0.2) is 8.42 Å². The van der Waals surface area contributed by atoms with Crippen LogP contribution >= 0.6 is 0 Å². The second kappa shape index (κ2) is 12.4. The maximum Gasteiger partial charge on any atom is 0.231 e. The largest absolute Gasteiger partial charge is 0.494 e. The van der Waals surface area contributed by atoms with Crippen LogP contribution in [0.15, 0.2) is 46.9 Å². The predicted molar refractivity (Wildman–Crippen MR) is 146 cm³/mol. The van der Waals surface area contributed by atoms with Crippen molar-refractivity contribution in [2.45, 2.75) is 46.5 Å². The van der Waals surface area contributed by atoms with Crippen molar-refractivity contribution in [3.05, 3.63) is 59.4 Å². The standard InChI is InChI=1S/C28H38N2O5S/c1-6-9-11-26-27(24-20-22(14-17-25(24)35-26)29(4)36(5,32)33)28(31)21-12-15-23(16-13-21)34-19-10-18-30(7-2)8-3/h12-17,20H,6-11,18-19H2,1-5H3. The minimum Gasteiger partial charge on any atom is -0.494 e. The third kappa shape index (κ3) is 6.68. The molecular weight excluding hydrogens is 476 g/mol. The summed E-state index contributed by atoms with van der Waals surface area (Å²) in [6.07, 6.45) is 4.58. The minimum absolute atomic E-state index is 0.146. The minimum atomic E-state index is -3.44. The number of benzene rings is 2. The van der Waals surface area contributed by atoms with E-state index in [1.165, 1.54) is 11.4 Å². The van der Waals surface area contributed by atoms with Crippen LogP contribution in [0.1, 0.15) is 61.7 Å². The number of anilines is 1. The van der Waals surface area contributed by atoms with Crippen LogP contribution < -0.4 is 9.04 Å². The van der Waals surface area contributed by atoms with Gasteiger partial charge in [0.25, 0.3) is 0 Å². The maximum absolute atomic E-state index is 13.7. The van der Waals surface area contributed by atoms with Crippen molar-refractivity contribution < 1.29 is 22.4 Å². The van der Waals surface area contributed by atoms with Gasteiger partial charge in [0.15, 0.2) is 5.78 Å². The highest BCUT2D eigenvalue weighted by atomic mass is 32.2. The van der Waals surface area contributed by atoms with Gasteiger partial charge in [-0.15, -0.1) is 0 Å². The van der Waals surface area contributed by atoms with E-state index in [9.17, 15) is 13.2 Å². The van der Waals surface area contributed by atoms with Crippen molar-refractivity contribution in [3.8, 4) is 5.75 Å². The average molecular weight is 515 g/mol. The number of hydrogen-bond donors (Lipinski definition) is 0. The Morgan fingerprint density at radius 2 is 1.69 bits per heavy atom. The molecule has 0 aliphatic rings. The molecule has 0 unspecified atom stereocenters. The van der Waals surface area contributed by atoms with Crippen LogP contribution in [0, 0.1) is 0 Å². The van der Waals surface area contributed by atoms with Gasteiger partial charge in [0.05, 0.1) is 24.1 Å². The molecule has 0 radical (unpaired) electrons. The number of ketones is 1. The van der Waals surface area contributed by atoms with Gasteiger partial charge in [-0.3, -0.25) is 9.10 Å². The van der Waals surface area contributed by atoms with Crippen LogP contribution in [0.5, 0.6) is 5.75 Å². The second-order valence-corrected chi connectivity index (χ2v) is 11.0. The molecule has 0 aliphatic heterocycles. The molecule has 0 atom stereocenters. The topological polar surface area (TPSA) is 80.1 Å². The summed E-state index contributed by atoms with van der Waals surface area (Å²) in [6, 6.07) is 12.3. The molecule has 0 fully saturated rings. The van der Waals surface area contributed by atoms with Crippen molar-refractivity contribution in [1.29, 1.82) is 0 Å². The van der Waals surface area contributed by atoms with Gasteiger partial charge >= 0.3 is 0 Å². The van der Waals surface area contributed by atoms with E-state index in [0.717, 1.165) is 50.9 Å². The molecule has 0 saturated heterocycles. The first kappa shape index (κ1) is 27.7. The van der Waals surface area contributed by atoms with Crippen molar-refractivity contribution in [1.82, 2.24) is 4.90 Å². The van der Waals surface area contributed by atoms with Gasteiger partial charge in [-0.2, -0.15) is 0 Å². The van der Waals surface area contributed by atoms with E-state index < -0.39 is 10.0 Å². The summed E-state index contributed by atoms with van der Waals surface area (Å²) < 4.78 is 37.3. The third-order valence-electron chi connectivity index (χ3n) is 6.49. The van der Waals surface area contributed by atoms with Gasteiger partial charge in [0.1, 0.15) is 17.1 Å². The van der Waals surface area contributed by atoms with Gasteiger partial charge in [0, 0.05) is 31.0 Å². The zero-order valence-electron chi connectivity index (χ0n) is 22.0. The van der Waals surface area contributed by atoms with Gasteiger partial charge < -0.3 is 14.1 Å². The highest BCUT2D eigenvalue weighted by Crippen LogP contribution is 2.33. The number of furan rings is 1. The van der Waals surface area contributed by atoms with Crippen molar-refractivity contribution in [2.24, 2.45) is 0 Å². The fraction of sp³-hybridized carbons (Fsp3) is 0.464. The zero-order chi connectivity index (χ0) is 26.3. The van der Waals surface area contributed by atoms with Crippen molar-refractivity contribution in [2.75, 3.05) is 43.8 Å². The summed E-state index contributed by atoms with van der Waals surface area (Å²) in [6.45, 7) is 10.1. The Morgan fingerprint density at radius 3 is 2.31 bits per heavy atom. The van der Waals surface area contributed by atoms with Crippen LogP contribution in [-0.2, 0) is 16.4 Å². The predicted octanol–water partition coefficient (Wildman–Crippen LogP) is 5.51. The van der Waals surface area contributed by atoms with E-state index in [1.54, 1.807) is 30.3 Å². The molecule has 8 heteroatoms. The number of sulfonamides is 1. The van der Waals surface area contributed by atoms with Gasteiger partial charge in [-0.05, 0) is 68.4 Å². The lowest BCUT2D eigenvalue weighted by molar-refractivity contribution is 0.103. The number of ether oxygens (including phenoxy) is 1. The summed E-state index contributed by atoms with van der Waals surface area (Å²) in [7, 11) is -1.94. The van der Waals surface area contributed by atoms with E-state index in [0.29, 0.717) is 46.6 Å². The SMILES string of the molecule is CCCCc1oc2ccc(N(C)S(C)(=O)=O)cc2c1C(=O)c1ccc(OCCCN(CC)CC)cc1. The normalized spacial score (nSPS) is 11.8. The number of fused-ring (bicyclic) bond motifs is 1. The summed E-state index contributed by atoms with van der Waals surface area (Å²) in [5.41, 5.74) is 2.08. The fourth-order valence-electron chi connectivity index (χ4n) is 4.15. The summed E-state index contributed by atoms with van der Waals surface area (Å²) in [4.78, 5) is 16.0. The Balaban J connectivity index is 1.86. The second-order valence-electron chi connectivity index (χ2n) is 9.00. The van der Waals surface area contributed by atoms with Crippen LogP contribution in [0.25, 0.3) is 11.0 Å². The molecular formula is C28H38N2O5S. The van der Waals surface area contributed by atoms with Crippen molar-refractivity contribution in [3.63, 3.8) is 0 Å². The summed E-state index contributed by atoms with van der Waals surface area (Å²) >= 11 is 0. The highest BCUT2D eigenvalue weighted by molar-refractivity contribution is 7.92. The number of unbranched alkanes of at least 4 members (excludes halogenated alkanes) is 1. The summed E-state index contributed by atoms with van der Waals surface area (Å²) in [5, 5.41) is 0.621. The molecule has 3 aromatic rings. The van der Waals surface area contributed by atoms with Gasteiger partial charge in [-0.1, -0.05) is 27.2 Å². The molecule has 0 N–H and O–H groups in total. The molecule has 2 aromatic carbocycles. The Labute approximate surface area is 215 Å². The lowest BCUT2D eigenvalue weighted by Gasteiger charge is -2.17. The quantitative estimate of drug-likeness (QED) is 0.208. The van der Waals surface area contributed by atoms with E-state index in [2.05, 4.69) is 25.7 Å². The monoisotopic (exact) mass is 514 g/mol. The van der Waals surface area contributed by atoms with E-state index in [-0.39, 0.29) is 5.78 Å². The smallest absolute Gasteiger partial charge is 0.231 e. The molecule has 0 aliphatic carbocycles. The third-order valence-corrected chi connectivity index (χ3v) is 7.69. The molecule has 0 amide bonds. The van der Waals surface area contributed by atoms with E-state index >= 15 is 0 Å². The molecule has 1 heterocycles. The van der Waals surface area contributed by atoms with Crippen LogP contribution in [0.2, 0.25) is 0 Å².